The Morgan fingerprint density at radius 3 is 2.48 bits per heavy atom. The van der Waals surface area contributed by atoms with Gasteiger partial charge in [0.15, 0.2) is 0 Å². The number of cyclic esters (lactones) is 1. The number of carbonyl (C=O) groups excluding carboxylic acids is 5. The first-order valence-electron chi connectivity index (χ1n) is 18.2. The van der Waals surface area contributed by atoms with Crippen LogP contribution in [0.1, 0.15) is 82.9 Å². The molecule has 3 aliphatic heterocycles. The summed E-state index contributed by atoms with van der Waals surface area (Å²) in [5, 5.41) is 12.4. The summed E-state index contributed by atoms with van der Waals surface area (Å²) in [5.74, 6) is -3.19. The van der Waals surface area contributed by atoms with E-state index in [1.165, 1.54) is 36.4 Å². The first-order valence-corrected chi connectivity index (χ1v) is 19.0. The largest absolute Gasteiger partial charge is 0.514 e. The summed E-state index contributed by atoms with van der Waals surface area (Å²) in [4.78, 5) is 71.0. The number of thiazole rings is 1. The molecule has 12 nitrogen and oxygen atoms in total. The number of nitrogens with zero attached hydrogens (tertiary/aromatic N) is 2. The van der Waals surface area contributed by atoms with Crippen LogP contribution in [-0.4, -0.2) is 63.7 Å². The Morgan fingerprint density at radius 1 is 1.09 bits per heavy atom. The van der Waals surface area contributed by atoms with Crippen molar-refractivity contribution in [1.82, 2.24) is 4.98 Å². The Balaban J connectivity index is 1.22. The van der Waals surface area contributed by atoms with Gasteiger partial charge in [0.05, 0.1) is 56.5 Å². The molecule has 2 aromatic carbocycles. The standard InChI is InChI=1S/C41H46N2O10S/c1-7-9-28-37(52-39(49)50-27-14-12-26(13-15-27)43-34(45)17-18-35(43)46)23(2)10-8-19-41(6)33(53-41)21-30(25-11-16-31-29(20-25)42-24(3)54-31)51-36(47)22-32(44)40(4,5)38(28)48/h7,11-18,20,23,28,30,32-33,37,44H,1,8-10,19,21-22H2,2-6H3/t23-,28+,30-,32-,33-,37-,41+/m0/s1. The molecule has 0 bridgehead atoms. The number of ketones is 1. The molecule has 6 rings (SSSR count). The third-order valence-corrected chi connectivity index (χ3v) is 11.8. The first kappa shape index (κ1) is 39.0. The topological polar surface area (TPSA) is 162 Å². The predicted octanol–water partition coefficient (Wildman–Crippen LogP) is 7.11. The van der Waals surface area contributed by atoms with Crippen molar-refractivity contribution in [3.8, 4) is 5.75 Å². The fourth-order valence-corrected chi connectivity index (χ4v) is 8.24. The quantitative estimate of drug-likeness (QED) is 0.0897. The van der Waals surface area contributed by atoms with E-state index in [1.54, 1.807) is 31.3 Å². The van der Waals surface area contributed by atoms with Crippen molar-refractivity contribution in [2.75, 3.05) is 4.90 Å². The second-order valence-electron chi connectivity index (χ2n) is 15.2. The molecular weight excluding hydrogens is 713 g/mol. The van der Waals surface area contributed by atoms with Crippen molar-refractivity contribution in [3.63, 3.8) is 0 Å². The van der Waals surface area contributed by atoms with Crippen LogP contribution in [-0.2, 0) is 33.4 Å². The van der Waals surface area contributed by atoms with Crippen LogP contribution < -0.4 is 9.64 Å². The third kappa shape index (κ3) is 8.33. The Bertz CT molecular complexity index is 1970. The van der Waals surface area contributed by atoms with Crippen LogP contribution in [0.15, 0.2) is 67.3 Å². The van der Waals surface area contributed by atoms with E-state index in [1.807, 2.05) is 39.0 Å². The number of ether oxygens (including phenoxy) is 4. The van der Waals surface area contributed by atoms with Gasteiger partial charge in [0, 0.05) is 18.6 Å². The smallest absolute Gasteiger partial charge is 0.457 e. The van der Waals surface area contributed by atoms with Crippen LogP contribution in [0.5, 0.6) is 5.75 Å². The van der Waals surface area contributed by atoms with Gasteiger partial charge in [-0.15, -0.1) is 17.9 Å². The molecule has 3 aromatic rings. The number of esters is 1. The Kier molecular flexibility index (Phi) is 11.2. The van der Waals surface area contributed by atoms with Crippen LogP contribution in [0.4, 0.5) is 10.5 Å². The van der Waals surface area contributed by atoms with Gasteiger partial charge in [-0.05, 0) is 81.0 Å². The SMILES string of the molecule is C=CC[C@H]1C(=O)C(C)(C)[C@@H](O)CC(=O)O[C@H](c2ccc3sc(C)nc3c2)C[C@@H]2O[C@]2(C)CCC[C@H](C)[C@@H]1OC(=O)Oc1ccc(N2C(=O)C=CC2=O)cc1. The first-order chi connectivity index (χ1) is 25.6. The number of hydrogen-bond acceptors (Lipinski definition) is 12. The lowest BCUT2D eigenvalue weighted by Crippen LogP contribution is -2.48. The van der Waals surface area contributed by atoms with Gasteiger partial charge in [-0.1, -0.05) is 39.3 Å². The number of carbonyl (C=O) groups is 5. The minimum absolute atomic E-state index is 0.0993. The number of Topliss-reactive ketones (excluding diaryl/α,β-unsaturated/α-hetero) is 1. The molecule has 13 heteroatoms. The second kappa shape index (κ2) is 15.6. The molecule has 7 atom stereocenters. The van der Waals surface area contributed by atoms with E-state index in [0.29, 0.717) is 31.4 Å². The summed E-state index contributed by atoms with van der Waals surface area (Å²) in [5.41, 5.74) is -0.0176. The fraction of sp³-hybridized carbons (Fsp3) is 0.463. The summed E-state index contributed by atoms with van der Waals surface area (Å²) in [6, 6.07) is 11.6. The number of fused-ring (bicyclic) bond motifs is 2. The Morgan fingerprint density at radius 2 is 1.80 bits per heavy atom. The number of hydrogen-bond donors (Lipinski definition) is 1. The van der Waals surface area contributed by atoms with Crippen molar-refractivity contribution in [1.29, 1.82) is 0 Å². The van der Waals surface area contributed by atoms with Crippen LogP contribution in [0.3, 0.4) is 0 Å². The molecule has 54 heavy (non-hydrogen) atoms. The second-order valence-corrected chi connectivity index (χ2v) is 16.4. The number of amides is 2. The monoisotopic (exact) mass is 758 g/mol. The summed E-state index contributed by atoms with van der Waals surface area (Å²) in [7, 11) is 0. The highest BCUT2D eigenvalue weighted by Crippen LogP contribution is 2.47. The number of anilines is 1. The lowest BCUT2D eigenvalue weighted by molar-refractivity contribution is -0.156. The minimum atomic E-state index is -1.45. The van der Waals surface area contributed by atoms with Gasteiger partial charge in [-0.25, -0.2) is 14.7 Å². The van der Waals surface area contributed by atoms with Gasteiger partial charge in [0.2, 0.25) is 0 Å². The number of allylic oxidation sites excluding steroid dienone is 1. The zero-order valence-electron chi connectivity index (χ0n) is 31.1. The summed E-state index contributed by atoms with van der Waals surface area (Å²) in [6.07, 6.45) is 1.66. The lowest BCUT2D eigenvalue weighted by Gasteiger charge is -2.37. The van der Waals surface area contributed by atoms with Gasteiger partial charge >= 0.3 is 12.1 Å². The van der Waals surface area contributed by atoms with E-state index >= 15 is 0 Å². The van der Waals surface area contributed by atoms with E-state index < -0.39 is 71.4 Å². The Hall–Kier alpha value is -4.72. The van der Waals surface area contributed by atoms with Crippen LogP contribution in [0, 0.1) is 24.2 Å². The van der Waals surface area contributed by atoms with Crippen LogP contribution in [0.2, 0.25) is 0 Å². The van der Waals surface area contributed by atoms with E-state index in [9.17, 15) is 29.1 Å². The third-order valence-electron chi connectivity index (χ3n) is 10.8. The molecule has 0 unspecified atom stereocenters. The molecule has 0 saturated carbocycles. The summed E-state index contributed by atoms with van der Waals surface area (Å²) in [6.45, 7) is 12.9. The maximum atomic E-state index is 14.4. The molecule has 0 spiro atoms. The molecule has 1 aromatic heterocycles. The van der Waals surface area contributed by atoms with E-state index in [0.717, 1.165) is 25.7 Å². The molecule has 2 saturated heterocycles. The maximum absolute atomic E-state index is 14.4. The van der Waals surface area contributed by atoms with Gasteiger partial charge in [0.1, 0.15) is 23.7 Å². The van der Waals surface area contributed by atoms with E-state index in [4.69, 9.17) is 18.9 Å². The lowest BCUT2D eigenvalue weighted by atomic mass is 9.71. The predicted molar refractivity (Wildman–Crippen MR) is 201 cm³/mol. The average molecular weight is 759 g/mol. The molecule has 0 radical (unpaired) electrons. The normalized spacial score (nSPS) is 29.1. The summed E-state index contributed by atoms with van der Waals surface area (Å²) < 4.78 is 24.7. The number of aromatic nitrogens is 1. The molecular formula is C41H46N2O10S. The van der Waals surface area contributed by atoms with Gasteiger partial charge in [0.25, 0.3) is 11.8 Å². The van der Waals surface area contributed by atoms with Crippen LogP contribution >= 0.6 is 11.3 Å². The van der Waals surface area contributed by atoms with Crippen molar-refractivity contribution in [3.05, 3.63) is 77.8 Å². The highest BCUT2D eigenvalue weighted by molar-refractivity contribution is 7.18. The summed E-state index contributed by atoms with van der Waals surface area (Å²) >= 11 is 1.58. The van der Waals surface area contributed by atoms with Gasteiger partial charge < -0.3 is 24.1 Å². The number of aliphatic hydroxyl groups is 1. The fourth-order valence-electron chi connectivity index (χ4n) is 7.43. The number of rotatable bonds is 6. The zero-order chi connectivity index (χ0) is 38.9. The number of aliphatic hydroxyl groups excluding tert-OH is 1. The minimum Gasteiger partial charge on any atom is -0.457 e. The molecule has 0 aliphatic carbocycles. The molecule has 4 heterocycles. The van der Waals surface area contributed by atoms with Gasteiger partial charge in [-0.3, -0.25) is 19.2 Å². The van der Waals surface area contributed by atoms with Gasteiger partial charge in [-0.2, -0.15) is 0 Å². The highest BCUT2D eigenvalue weighted by atomic mass is 32.1. The van der Waals surface area contributed by atoms with E-state index in [2.05, 4.69) is 11.6 Å². The molecule has 2 fully saturated rings. The van der Waals surface area contributed by atoms with E-state index in [-0.39, 0.29) is 24.2 Å². The molecule has 286 valence electrons. The molecule has 1 N–H and O–H groups in total. The van der Waals surface area contributed by atoms with Crippen molar-refractivity contribution in [2.45, 2.75) is 103 Å². The maximum Gasteiger partial charge on any atom is 0.514 e. The van der Waals surface area contributed by atoms with Crippen molar-refractivity contribution in [2.24, 2.45) is 17.3 Å². The number of benzene rings is 2. The number of aryl methyl sites for hydroxylation is 1. The molecule has 3 aliphatic rings. The average Bonchev–Trinajstić information content (AvgIpc) is 3.39. The number of epoxide rings is 1. The van der Waals surface area contributed by atoms with Crippen molar-refractivity contribution < 1.29 is 48.0 Å². The highest BCUT2D eigenvalue weighted by Gasteiger charge is 2.53. The van der Waals surface area contributed by atoms with Crippen molar-refractivity contribution >= 4 is 57.0 Å². The molecule has 2 amide bonds. The number of imide groups is 1. The van der Waals surface area contributed by atoms with Crippen LogP contribution in [0.25, 0.3) is 10.2 Å². The zero-order valence-corrected chi connectivity index (χ0v) is 31.9. The Labute approximate surface area is 318 Å².